The third-order valence-corrected chi connectivity index (χ3v) is 2.30. The summed E-state index contributed by atoms with van der Waals surface area (Å²) in [5.74, 6) is 1.93. The minimum Gasteiger partial charge on any atom is -0.501 e. The molecule has 1 aliphatic rings. The van der Waals surface area contributed by atoms with Gasteiger partial charge in [0.1, 0.15) is 11.5 Å². The van der Waals surface area contributed by atoms with Gasteiger partial charge in [-0.15, -0.1) is 0 Å². The first-order chi connectivity index (χ1) is 6.22. The van der Waals surface area contributed by atoms with E-state index in [1.165, 1.54) is 0 Å². The molecule has 3 heteroatoms. The first kappa shape index (κ1) is 10.1. The van der Waals surface area contributed by atoms with Crippen molar-refractivity contribution >= 4 is 0 Å². The molecule has 0 heterocycles. The van der Waals surface area contributed by atoms with Crippen LogP contribution < -0.4 is 0 Å². The predicted octanol–water partition coefficient (Wildman–Crippen LogP) is 1.71. The number of allylic oxidation sites excluding steroid dienone is 1. The van der Waals surface area contributed by atoms with Gasteiger partial charge in [-0.3, -0.25) is 0 Å². The molecule has 0 fully saturated rings. The molecule has 1 aliphatic carbocycles. The van der Waals surface area contributed by atoms with Crippen LogP contribution in [0.2, 0.25) is 0 Å². The summed E-state index contributed by atoms with van der Waals surface area (Å²) in [5.41, 5.74) is 0. The molecule has 13 heavy (non-hydrogen) atoms. The van der Waals surface area contributed by atoms with E-state index in [0.29, 0.717) is 0 Å². The van der Waals surface area contributed by atoms with E-state index in [1.54, 1.807) is 21.3 Å². The Balaban J connectivity index is 2.85. The van der Waals surface area contributed by atoms with Crippen LogP contribution in [0.4, 0.5) is 0 Å². The molecule has 1 unspecified atom stereocenters. The van der Waals surface area contributed by atoms with Crippen molar-refractivity contribution in [3.8, 4) is 0 Å². The van der Waals surface area contributed by atoms with Crippen molar-refractivity contribution in [2.45, 2.75) is 13.0 Å². The quantitative estimate of drug-likeness (QED) is 0.668. The number of ether oxygens (including phenoxy) is 3. The Hall–Kier alpha value is -0.960. The Bertz CT molecular complexity index is 230. The normalized spacial score (nSPS) is 27.7. The van der Waals surface area contributed by atoms with Crippen molar-refractivity contribution in [1.82, 2.24) is 0 Å². The minimum absolute atomic E-state index is 0.0369. The summed E-state index contributed by atoms with van der Waals surface area (Å²) in [4.78, 5) is 0. The lowest BCUT2D eigenvalue weighted by molar-refractivity contribution is 0.0760. The van der Waals surface area contributed by atoms with Gasteiger partial charge in [0, 0.05) is 19.1 Å². The van der Waals surface area contributed by atoms with Crippen LogP contribution in [0.15, 0.2) is 23.7 Å². The molecule has 0 aromatic rings. The van der Waals surface area contributed by atoms with Gasteiger partial charge in [-0.05, 0) is 6.08 Å². The Morgan fingerprint density at radius 3 is 2.31 bits per heavy atom. The molecule has 0 amide bonds. The van der Waals surface area contributed by atoms with Crippen LogP contribution in [0.25, 0.3) is 0 Å². The van der Waals surface area contributed by atoms with Crippen LogP contribution in [0.5, 0.6) is 0 Å². The Morgan fingerprint density at radius 1 is 1.15 bits per heavy atom. The lowest BCUT2D eigenvalue weighted by Crippen LogP contribution is -2.24. The van der Waals surface area contributed by atoms with Crippen LogP contribution in [0.1, 0.15) is 6.92 Å². The average Bonchev–Trinajstić information content (AvgIpc) is 2.18. The monoisotopic (exact) mass is 184 g/mol. The highest BCUT2D eigenvalue weighted by Gasteiger charge is 2.24. The number of hydrogen-bond donors (Lipinski definition) is 0. The van der Waals surface area contributed by atoms with Crippen LogP contribution in [0.3, 0.4) is 0 Å². The summed E-state index contributed by atoms with van der Waals surface area (Å²) in [6, 6.07) is 0. The largest absolute Gasteiger partial charge is 0.501 e. The minimum atomic E-state index is 0.0369. The third-order valence-electron chi connectivity index (χ3n) is 2.30. The van der Waals surface area contributed by atoms with Crippen molar-refractivity contribution in [3.05, 3.63) is 23.7 Å². The van der Waals surface area contributed by atoms with E-state index in [2.05, 4.69) is 6.92 Å². The van der Waals surface area contributed by atoms with E-state index in [4.69, 9.17) is 14.2 Å². The maximum Gasteiger partial charge on any atom is 0.120 e. The highest BCUT2D eigenvalue weighted by atomic mass is 16.5. The summed E-state index contributed by atoms with van der Waals surface area (Å²) < 4.78 is 15.6. The number of rotatable bonds is 3. The van der Waals surface area contributed by atoms with Crippen molar-refractivity contribution in [2.75, 3.05) is 21.3 Å². The maximum atomic E-state index is 5.29. The molecular formula is C10H16O3. The van der Waals surface area contributed by atoms with E-state index in [1.807, 2.05) is 12.2 Å². The molecule has 0 N–H and O–H groups in total. The SMILES string of the molecule is COC1=C[C@@H](OC)C(C)C(OC)=C1. The smallest absolute Gasteiger partial charge is 0.120 e. The van der Waals surface area contributed by atoms with Crippen LogP contribution >= 0.6 is 0 Å². The fourth-order valence-electron chi connectivity index (χ4n) is 1.43. The molecule has 0 aliphatic heterocycles. The molecule has 1 rings (SSSR count). The summed E-state index contributed by atoms with van der Waals surface area (Å²) in [6.07, 6.45) is 3.88. The number of hydrogen-bond acceptors (Lipinski definition) is 3. The summed E-state index contributed by atoms with van der Waals surface area (Å²) in [7, 11) is 4.98. The van der Waals surface area contributed by atoms with Gasteiger partial charge >= 0.3 is 0 Å². The molecule has 0 aromatic heterocycles. The molecule has 0 aromatic carbocycles. The predicted molar refractivity (Wildman–Crippen MR) is 50.1 cm³/mol. The zero-order valence-electron chi connectivity index (χ0n) is 8.53. The highest BCUT2D eigenvalue weighted by molar-refractivity contribution is 5.25. The van der Waals surface area contributed by atoms with Gasteiger partial charge in [-0.25, -0.2) is 0 Å². The van der Waals surface area contributed by atoms with Crippen molar-refractivity contribution in [1.29, 1.82) is 0 Å². The second-order valence-electron chi connectivity index (χ2n) is 3.01. The topological polar surface area (TPSA) is 27.7 Å². The van der Waals surface area contributed by atoms with Gasteiger partial charge in [-0.2, -0.15) is 0 Å². The Kier molecular flexibility index (Phi) is 3.37. The zero-order chi connectivity index (χ0) is 9.84. The molecule has 0 bridgehead atoms. The molecule has 2 atom stereocenters. The summed E-state index contributed by atoms with van der Waals surface area (Å²) >= 11 is 0. The lowest BCUT2D eigenvalue weighted by Gasteiger charge is -2.25. The van der Waals surface area contributed by atoms with Gasteiger partial charge in [0.15, 0.2) is 0 Å². The standard InChI is InChI=1S/C10H16O3/c1-7-9(12-3)5-8(11-2)6-10(7)13-4/h5-7,9H,1-4H3/t7?,9-/m1/s1. The second kappa shape index (κ2) is 4.33. The van der Waals surface area contributed by atoms with E-state index >= 15 is 0 Å². The first-order valence-corrected chi connectivity index (χ1v) is 4.27. The molecule has 74 valence electrons. The van der Waals surface area contributed by atoms with Gasteiger partial charge < -0.3 is 14.2 Å². The highest BCUT2D eigenvalue weighted by Crippen LogP contribution is 2.26. The van der Waals surface area contributed by atoms with Gasteiger partial charge in [-0.1, -0.05) is 6.92 Å². The molecule has 0 saturated carbocycles. The van der Waals surface area contributed by atoms with Gasteiger partial charge in [0.2, 0.25) is 0 Å². The fraction of sp³-hybridized carbons (Fsp3) is 0.600. The van der Waals surface area contributed by atoms with Crippen LogP contribution in [0, 0.1) is 5.92 Å². The molecule has 0 saturated heterocycles. The Morgan fingerprint density at radius 2 is 1.85 bits per heavy atom. The maximum absolute atomic E-state index is 5.29. The van der Waals surface area contributed by atoms with E-state index in [9.17, 15) is 0 Å². The van der Waals surface area contributed by atoms with Gasteiger partial charge in [0.25, 0.3) is 0 Å². The molecular weight excluding hydrogens is 168 g/mol. The molecule has 3 nitrogen and oxygen atoms in total. The van der Waals surface area contributed by atoms with Gasteiger partial charge in [0.05, 0.1) is 20.3 Å². The van der Waals surface area contributed by atoms with Crippen molar-refractivity contribution in [3.63, 3.8) is 0 Å². The van der Waals surface area contributed by atoms with Crippen LogP contribution in [-0.2, 0) is 14.2 Å². The van der Waals surface area contributed by atoms with E-state index in [-0.39, 0.29) is 12.0 Å². The number of methoxy groups -OCH3 is 3. The first-order valence-electron chi connectivity index (χ1n) is 4.27. The zero-order valence-corrected chi connectivity index (χ0v) is 8.53. The summed E-state index contributed by atoms with van der Waals surface area (Å²) in [5, 5.41) is 0. The lowest BCUT2D eigenvalue weighted by atomic mass is 9.96. The van der Waals surface area contributed by atoms with Crippen LogP contribution in [-0.4, -0.2) is 27.4 Å². The molecule has 0 spiro atoms. The second-order valence-corrected chi connectivity index (χ2v) is 3.01. The summed E-state index contributed by atoms with van der Waals surface area (Å²) in [6.45, 7) is 2.06. The average molecular weight is 184 g/mol. The third kappa shape index (κ3) is 2.04. The van der Waals surface area contributed by atoms with Crippen molar-refractivity contribution in [2.24, 2.45) is 5.92 Å². The van der Waals surface area contributed by atoms with E-state index < -0.39 is 0 Å². The molecule has 0 radical (unpaired) electrons. The van der Waals surface area contributed by atoms with Crippen molar-refractivity contribution < 1.29 is 14.2 Å². The van der Waals surface area contributed by atoms with E-state index in [0.717, 1.165) is 11.5 Å². The fourth-order valence-corrected chi connectivity index (χ4v) is 1.43. The Labute approximate surface area is 79.0 Å².